The molecule has 0 fully saturated rings. The van der Waals surface area contributed by atoms with E-state index in [-0.39, 0.29) is 5.91 Å². The highest BCUT2D eigenvalue weighted by atomic mass is 16.1. The average Bonchev–Trinajstić information content (AvgIpc) is 2.74. The van der Waals surface area contributed by atoms with E-state index in [1.807, 2.05) is 42.5 Å². The molecule has 2 aromatic rings. The van der Waals surface area contributed by atoms with Gasteiger partial charge < -0.3 is 5.32 Å². The van der Waals surface area contributed by atoms with Gasteiger partial charge in [0.05, 0.1) is 0 Å². The Morgan fingerprint density at radius 2 is 1.59 bits per heavy atom. The average molecular weight is 225 g/mol. The van der Waals surface area contributed by atoms with Gasteiger partial charge in [0, 0.05) is 12.1 Å². The molecule has 3 rings (SSSR count). The normalized spacial score (nSPS) is 12.2. The van der Waals surface area contributed by atoms with Crippen LogP contribution < -0.4 is 5.32 Å². The molecule has 0 atom stereocenters. The molecule has 1 N–H and O–H groups in total. The van der Waals surface area contributed by atoms with Gasteiger partial charge >= 0.3 is 0 Å². The smallest absolute Gasteiger partial charge is 0.251 e. The van der Waals surface area contributed by atoms with Gasteiger partial charge in [-0.2, -0.15) is 0 Å². The summed E-state index contributed by atoms with van der Waals surface area (Å²) in [5.74, 6) is 0.0515. The zero-order valence-corrected chi connectivity index (χ0v) is 9.81. The van der Waals surface area contributed by atoms with Crippen LogP contribution in [0.1, 0.15) is 21.5 Å². The van der Waals surface area contributed by atoms with Gasteiger partial charge in [0.25, 0.3) is 5.91 Å². The predicted molar refractivity (Wildman–Crippen MR) is 68.8 cm³/mol. The molecular weight excluding hydrogens is 210 g/mol. The molecule has 0 spiro atoms. The largest absolute Gasteiger partial charge is 0.348 e. The lowest BCUT2D eigenvalue weighted by Crippen LogP contribution is -2.12. The van der Waals surface area contributed by atoms with Crippen molar-refractivity contribution in [2.75, 3.05) is 0 Å². The van der Waals surface area contributed by atoms with Crippen LogP contribution in [0.5, 0.6) is 0 Å². The summed E-state index contributed by atoms with van der Waals surface area (Å²) in [6.45, 7) is 2.77. The van der Waals surface area contributed by atoms with Gasteiger partial charge in [-0.15, -0.1) is 0 Å². The third kappa shape index (κ3) is 2.94. The molecule has 0 saturated carbocycles. The van der Waals surface area contributed by atoms with Gasteiger partial charge in [-0.1, -0.05) is 54.1 Å². The maximum atomic E-state index is 11.0. The highest BCUT2D eigenvalue weighted by molar-refractivity contribution is 5.98. The molecule has 1 amide bonds. The lowest BCUT2D eigenvalue weighted by molar-refractivity contribution is 0.0966. The van der Waals surface area contributed by atoms with Crippen molar-refractivity contribution in [3.8, 4) is 0 Å². The minimum atomic E-state index is 0.0515. The Morgan fingerprint density at radius 3 is 2.18 bits per heavy atom. The second-order valence-electron chi connectivity index (χ2n) is 3.99. The molecule has 0 unspecified atom stereocenters. The van der Waals surface area contributed by atoms with Crippen LogP contribution in [0.15, 0.2) is 54.6 Å². The van der Waals surface area contributed by atoms with Crippen molar-refractivity contribution in [1.82, 2.24) is 5.32 Å². The van der Waals surface area contributed by atoms with Crippen molar-refractivity contribution in [3.05, 3.63) is 71.3 Å². The molecule has 17 heavy (non-hydrogen) atoms. The van der Waals surface area contributed by atoms with Gasteiger partial charge in [-0.3, -0.25) is 4.79 Å². The molecule has 2 aromatic carbocycles. The summed E-state index contributed by atoms with van der Waals surface area (Å²) in [5, 5.41) is 2.75. The first-order chi connectivity index (χ1) is 8.27. The minimum Gasteiger partial charge on any atom is -0.348 e. The topological polar surface area (TPSA) is 29.1 Å². The number of carbonyl (C=O) groups excluding carboxylic acids is 1. The number of hydrogen-bond acceptors (Lipinski definition) is 1. The molecule has 0 bridgehead atoms. The lowest BCUT2D eigenvalue weighted by Gasteiger charge is -1.89. The van der Waals surface area contributed by atoms with Crippen LogP contribution in [0, 0.1) is 6.92 Å². The Balaban J connectivity index is 0.000000136. The molecule has 0 aliphatic carbocycles. The molecule has 0 radical (unpaired) electrons. The van der Waals surface area contributed by atoms with E-state index in [1.165, 1.54) is 5.56 Å². The third-order valence-corrected chi connectivity index (χ3v) is 2.64. The fourth-order valence-corrected chi connectivity index (χ4v) is 1.70. The highest BCUT2D eigenvalue weighted by Crippen LogP contribution is 2.13. The molecule has 0 aromatic heterocycles. The Kier molecular flexibility index (Phi) is 3.55. The molecule has 1 heterocycles. The van der Waals surface area contributed by atoms with Gasteiger partial charge in [-0.25, -0.2) is 0 Å². The van der Waals surface area contributed by atoms with Crippen LogP contribution in [0.2, 0.25) is 0 Å². The monoisotopic (exact) mass is 225 g/mol. The van der Waals surface area contributed by atoms with Gasteiger partial charge in [0.1, 0.15) is 0 Å². The minimum absolute atomic E-state index is 0.0515. The van der Waals surface area contributed by atoms with Crippen molar-refractivity contribution in [3.63, 3.8) is 0 Å². The summed E-state index contributed by atoms with van der Waals surface area (Å²) in [6.07, 6.45) is 0. The first kappa shape index (κ1) is 11.4. The van der Waals surface area contributed by atoms with Crippen LogP contribution >= 0.6 is 0 Å². The number of aryl methyl sites for hydroxylation is 1. The predicted octanol–water partition coefficient (Wildman–Crippen LogP) is 2.93. The number of amides is 1. The van der Waals surface area contributed by atoms with E-state index >= 15 is 0 Å². The lowest BCUT2D eigenvalue weighted by atomic mass is 10.1. The second kappa shape index (κ2) is 5.30. The molecule has 2 heteroatoms. The first-order valence-corrected chi connectivity index (χ1v) is 5.65. The Labute approximate surface area is 101 Å². The first-order valence-electron chi connectivity index (χ1n) is 5.65. The van der Waals surface area contributed by atoms with E-state index in [4.69, 9.17) is 0 Å². The molecule has 1 aliphatic rings. The van der Waals surface area contributed by atoms with Gasteiger partial charge in [0.2, 0.25) is 0 Å². The summed E-state index contributed by atoms with van der Waals surface area (Å²) >= 11 is 0. The van der Waals surface area contributed by atoms with Crippen molar-refractivity contribution in [1.29, 1.82) is 0 Å². The summed E-state index contributed by atoms with van der Waals surface area (Å²) in [6, 6.07) is 17.9. The standard InChI is InChI=1S/C8H7NO.C7H8/c10-8-7-4-2-1-3-6(7)5-9-8;1-7-5-3-2-4-6-7/h1-4H,5H2,(H,9,10);2-6H,1H3. The van der Waals surface area contributed by atoms with Crippen LogP contribution in [-0.4, -0.2) is 5.91 Å². The van der Waals surface area contributed by atoms with Crippen molar-refractivity contribution < 1.29 is 4.79 Å². The summed E-state index contributed by atoms with van der Waals surface area (Å²) in [7, 11) is 0. The van der Waals surface area contributed by atoms with Crippen molar-refractivity contribution in [2.24, 2.45) is 0 Å². The van der Waals surface area contributed by atoms with E-state index in [0.29, 0.717) is 6.54 Å². The van der Waals surface area contributed by atoms with Crippen LogP contribution in [0.3, 0.4) is 0 Å². The quantitative estimate of drug-likeness (QED) is 0.733. The zero-order valence-electron chi connectivity index (χ0n) is 9.81. The fraction of sp³-hybridized carbons (Fsp3) is 0.133. The van der Waals surface area contributed by atoms with Crippen LogP contribution in [-0.2, 0) is 6.54 Å². The van der Waals surface area contributed by atoms with Crippen molar-refractivity contribution in [2.45, 2.75) is 13.5 Å². The highest BCUT2D eigenvalue weighted by Gasteiger charge is 2.16. The summed E-state index contributed by atoms with van der Waals surface area (Å²) in [5.41, 5.74) is 3.25. The number of hydrogen-bond donors (Lipinski definition) is 1. The van der Waals surface area contributed by atoms with E-state index in [9.17, 15) is 4.79 Å². The van der Waals surface area contributed by atoms with E-state index in [0.717, 1.165) is 11.1 Å². The fourth-order valence-electron chi connectivity index (χ4n) is 1.70. The molecule has 2 nitrogen and oxygen atoms in total. The number of rotatable bonds is 0. The van der Waals surface area contributed by atoms with Gasteiger partial charge in [0.15, 0.2) is 0 Å². The van der Waals surface area contributed by atoms with Gasteiger partial charge in [-0.05, 0) is 18.6 Å². The number of benzene rings is 2. The SMILES string of the molecule is Cc1ccccc1.O=C1NCc2ccccc21. The summed E-state index contributed by atoms with van der Waals surface area (Å²) in [4.78, 5) is 11.0. The zero-order chi connectivity index (χ0) is 12.1. The molecular formula is C15H15NO. The Hall–Kier alpha value is -2.09. The van der Waals surface area contributed by atoms with E-state index in [2.05, 4.69) is 24.4 Å². The van der Waals surface area contributed by atoms with E-state index in [1.54, 1.807) is 0 Å². The maximum Gasteiger partial charge on any atom is 0.251 e. The molecule has 0 saturated heterocycles. The number of carbonyl (C=O) groups is 1. The van der Waals surface area contributed by atoms with Crippen molar-refractivity contribution >= 4 is 5.91 Å². The van der Waals surface area contributed by atoms with E-state index < -0.39 is 0 Å². The maximum absolute atomic E-state index is 11.0. The second-order valence-corrected chi connectivity index (χ2v) is 3.99. The molecule has 1 aliphatic heterocycles. The number of fused-ring (bicyclic) bond motifs is 1. The molecule has 86 valence electrons. The number of nitrogens with one attached hydrogen (secondary N) is 1. The third-order valence-electron chi connectivity index (χ3n) is 2.64. The summed E-state index contributed by atoms with van der Waals surface area (Å²) < 4.78 is 0. The Bertz CT molecular complexity index is 505. The van der Waals surface area contributed by atoms with Crippen LogP contribution in [0.4, 0.5) is 0 Å². The Morgan fingerprint density at radius 1 is 0.941 bits per heavy atom. The van der Waals surface area contributed by atoms with Crippen LogP contribution in [0.25, 0.3) is 0 Å².